The van der Waals surface area contributed by atoms with Crippen LogP contribution in [0, 0.1) is 0 Å². The second-order valence-corrected chi connectivity index (χ2v) is 20.6. The van der Waals surface area contributed by atoms with Crippen molar-refractivity contribution in [2.45, 2.75) is 257 Å². The van der Waals surface area contributed by atoms with Crippen LogP contribution in [-0.2, 0) is 12.8 Å². The molecule has 4 N–H and O–H groups in total. The van der Waals surface area contributed by atoms with Crippen LogP contribution in [0.25, 0.3) is 0 Å². The van der Waals surface area contributed by atoms with Gasteiger partial charge in [0.2, 0.25) is 0 Å². The predicted molar refractivity (Wildman–Crippen MR) is 294 cm³/mol. The van der Waals surface area contributed by atoms with E-state index < -0.39 is 0 Å². The Kier molecular flexibility index (Phi) is 30.5. The van der Waals surface area contributed by atoms with E-state index in [0.717, 1.165) is 11.4 Å². The lowest BCUT2D eigenvalue weighted by Crippen LogP contribution is -2.02. The zero-order valence-electron chi connectivity index (χ0n) is 43.0. The highest BCUT2D eigenvalue weighted by Gasteiger charge is 2.16. The fourth-order valence-electron chi connectivity index (χ4n) is 10.4. The van der Waals surface area contributed by atoms with Gasteiger partial charge in [-0.2, -0.15) is 0 Å². The molecule has 0 fully saturated rings. The highest BCUT2D eigenvalue weighted by Crippen LogP contribution is 2.33. The van der Waals surface area contributed by atoms with Crippen molar-refractivity contribution < 1.29 is 0 Å². The quantitative estimate of drug-likeness (QED) is 0.0344. The van der Waals surface area contributed by atoms with Gasteiger partial charge in [-0.05, 0) is 96.2 Å². The van der Waals surface area contributed by atoms with E-state index in [9.17, 15) is 0 Å². The van der Waals surface area contributed by atoms with E-state index in [-0.39, 0.29) is 0 Å². The van der Waals surface area contributed by atoms with E-state index in [0.29, 0.717) is 11.8 Å². The van der Waals surface area contributed by atoms with Crippen molar-refractivity contribution in [3.63, 3.8) is 0 Å². The molecule has 0 bridgehead atoms. The third-order valence-corrected chi connectivity index (χ3v) is 14.8. The smallest absolute Gasteiger partial charge is 0.0314 e. The molecule has 0 heterocycles. The van der Waals surface area contributed by atoms with E-state index in [1.807, 2.05) is 0 Å². The van der Waals surface area contributed by atoms with Gasteiger partial charge in [0, 0.05) is 23.2 Å². The molecule has 0 aliphatic rings. The van der Waals surface area contributed by atoms with Gasteiger partial charge >= 0.3 is 0 Å². The summed E-state index contributed by atoms with van der Waals surface area (Å²) in [6.07, 6.45) is 49.3. The first-order valence-corrected chi connectivity index (χ1v) is 28.5. The van der Waals surface area contributed by atoms with Crippen molar-refractivity contribution in [3.05, 3.63) is 130 Å². The van der Waals surface area contributed by atoms with E-state index in [2.05, 4.69) is 111 Å². The molecule has 0 radical (unpaired) electrons. The molecule has 2 unspecified atom stereocenters. The van der Waals surface area contributed by atoms with Crippen molar-refractivity contribution in [3.8, 4) is 0 Å². The maximum absolute atomic E-state index is 6.05. The van der Waals surface area contributed by atoms with Crippen molar-refractivity contribution in [2.75, 3.05) is 11.5 Å². The molecule has 0 aliphatic heterocycles. The maximum Gasteiger partial charge on any atom is 0.0314 e. The van der Waals surface area contributed by atoms with E-state index >= 15 is 0 Å². The van der Waals surface area contributed by atoms with E-state index in [1.54, 1.807) is 0 Å². The summed E-state index contributed by atoms with van der Waals surface area (Å²) >= 11 is 0. The van der Waals surface area contributed by atoms with Crippen molar-refractivity contribution in [1.29, 1.82) is 0 Å². The molecule has 0 spiro atoms. The van der Waals surface area contributed by atoms with Crippen molar-refractivity contribution in [2.24, 2.45) is 0 Å². The molecule has 0 amide bonds. The van der Waals surface area contributed by atoms with Crippen LogP contribution in [0.5, 0.6) is 0 Å². The first kappa shape index (κ1) is 55.1. The summed E-state index contributed by atoms with van der Waals surface area (Å²) in [4.78, 5) is 0. The molecule has 2 atom stereocenters. The monoisotopic (exact) mass is 897 g/mol. The van der Waals surface area contributed by atoms with Crippen LogP contribution in [0.4, 0.5) is 11.4 Å². The van der Waals surface area contributed by atoms with Crippen LogP contribution < -0.4 is 11.5 Å². The molecule has 0 aromatic heterocycles. The lowest BCUT2D eigenvalue weighted by Gasteiger charge is -2.19. The molecular weight excluding hydrogens is 797 g/mol. The summed E-state index contributed by atoms with van der Waals surface area (Å²) in [6.45, 7) is 4.60. The summed E-state index contributed by atoms with van der Waals surface area (Å²) in [5.41, 5.74) is 22.6. The highest BCUT2D eigenvalue weighted by molar-refractivity contribution is 5.44. The Bertz CT molecular complexity index is 1560. The maximum atomic E-state index is 6.05. The van der Waals surface area contributed by atoms with E-state index in [4.69, 9.17) is 11.5 Å². The number of hydrogen-bond donors (Lipinski definition) is 2. The Labute approximate surface area is 408 Å². The van der Waals surface area contributed by atoms with Crippen LogP contribution in [0.2, 0.25) is 0 Å². The summed E-state index contributed by atoms with van der Waals surface area (Å²) in [5, 5.41) is 0. The predicted octanol–water partition coefficient (Wildman–Crippen LogP) is 20.2. The van der Waals surface area contributed by atoms with Gasteiger partial charge in [0.1, 0.15) is 0 Å². The number of unbranched alkanes of at least 4 members (excludes halogenated alkanes) is 29. The topological polar surface area (TPSA) is 52.0 Å². The van der Waals surface area contributed by atoms with Gasteiger partial charge in [-0.25, -0.2) is 0 Å². The van der Waals surface area contributed by atoms with Gasteiger partial charge in [0.05, 0.1) is 0 Å². The van der Waals surface area contributed by atoms with Crippen molar-refractivity contribution >= 4 is 11.4 Å². The highest BCUT2D eigenvalue weighted by atomic mass is 14.5. The first-order valence-electron chi connectivity index (χ1n) is 28.5. The molecule has 4 aromatic carbocycles. The van der Waals surface area contributed by atoms with Crippen LogP contribution >= 0.6 is 0 Å². The van der Waals surface area contributed by atoms with Crippen molar-refractivity contribution in [1.82, 2.24) is 0 Å². The number of nitrogen functional groups attached to an aromatic ring is 2. The third-order valence-electron chi connectivity index (χ3n) is 14.8. The van der Waals surface area contributed by atoms with Gasteiger partial charge in [-0.1, -0.05) is 279 Å². The first-order chi connectivity index (χ1) is 32.6. The summed E-state index contributed by atoms with van der Waals surface area (Å²) < 4.78 is 0. The molecule has 0 saturated carbocycles. The summed E-state index contributed by atoms with van der Waals surface area (Å²) in [6, 6.07) is 36.6. The van der Waals surface area contributed by atoms with Crippen LogP contribution in [-0.4, -0.2) is 0 Å². The molecule has 2 heteroatoms. The Morgan fingerprint density at radius 2 is 0.470 bits per heavy atom. The van der Waals surface area contributed by atoms with Gasteiger partial charge in [0.25, 0.3) is 0 Å². The molecule has 2 nitrogen and oxygen atoms in total. The summed E-state index contributed by atoms with van der Waals surface area (Å²) in [5.74, 6) is 0.939. The second kappa shape index (κ2) is 36.5. The zero-order valence-corrected chi connectivity index (χ0v) is 43.0. The third kappa shape index (κ3) is 24.5. The lowest BCUT2D eigenvalue weighted by molar-refractivity contribution is 0.528. The second-order valence-electron chi connectivity index (χ2n) is 20.6. The minimum absolute atomic E-state index is 0.470. The standard InChI is InChI=1S/C64H100N2/c1-3-5-7-9-11-25-29-33-37-63(59-47-51-61(65)52-48-59)57-43-39-55(40-44-57)35-31-27-23-21-19-17-15-13-14-16-18-20-22-24-28-32-36-56-41-45-58(46-42-56)64(60-49-53-62(66)54-50-60)38-34-30-26-12-10-8-6-4-2/h39-54,63-64H,3-38,65-66H2,1-2H3. The van der Waals surface area contributed by atoms with Gasteiger partial charge < -0.3 is 11.5 Å². The largest absolute Gasteiger partial charge is 0.399 e. The SMILES string of the molecule is CCCCCCCCCCC(c1ccc(N)cc1)c1ccc(CCCCCCCCCCCCCCCCCCc2ccc(C(CCCCCCCCCC)c3ccc(N)cc3)cc2)cc1. The Morgan fingerprint density at radius 3 is 0.727 bits per heavy atom. The van der Waals surface area contributed by atoms with Gasteiger partial charge in [0.15, 0.2) is 0 Å². The Hall–Kier alpha value is -3.52. The molecule has 66 heavy (non-hydrogen) atoms. The van der Waals surface area contributed by atoms with Crippen LogP contribution in [0.15, 0.2) is 97.1 Å². The number of benzene rings is 4. The molecule has 4 aromatic rings. The average molecular weight is 898 g/mol. The minimum atomic E-state index is 0.470. The molecule has 366 valence electrons. The number of hydrogen-bond acceptors (Lipinski definition) is 2. The van der Waals surface area contributed by atoms with Gasteiger partial charge in [-0.3, -0.25) is 0 Å². The number of nitrogens with two attached hydrogens (primary N) is 2. The fraction of sp³-hybridized carbons (Fsp3) is 0.625. The Morgan fingerprint density at radius 1 is 0.258 bits per heavy atom. The zero-order chi connectivity index (χ0) is 46.5. The van der Waals surface area contributed by atoms with Crippen LogP contribution in [0.1, 0.15) is 277 Å². The molecule has 4 rings (SSSR count). The fourth-order valence-corrected chi connectivity index (χ4v) is 10.4. The van der Waals surface area contributed by atoms with Gasteiger partial charge in [-0.15, -0.1) is 0 Å². The van der Waals surface area contributed by atoms with Crippen LogP contribution in [0.3, 0.4) is 0 Å². The van der Waals surface area contributed by atoms with E-state index in [1.165, 1.54) is 265 Å². The Balaban J connectivity index is 0.961. The minimum Gasteiger partial charge on any atom is -0.399 e. The lowest BCUT2D eigenvalue weighted by atomic mass is 9.86. The molecular formula is C64H100N2. The number of aryl methyl sites for hydroxylation is 2. The summed E-state index contributed by atoms with van der Waals surface area (Å²) in [7, 11) is 0. The molecule has 0 saturated heterocycles. The number of anilines is 2. The molecule has 0 aliphatic carbocycles. The average Bonchev–Trinajstić information content (AvgIpc) is 3.34. The normalized spacial score (nSPS) is 12.5. The number of rotatable bonds is 41.